The lowest BCUT2D eigenvalue weighted by atomic mass is 9.73. The van der Waals surface area contributed by atoms with E-state index in [4.69, 9.17) is 4.74 Å². The van der Waals surface area contributed by atoms with Gasteiger partial charge in [0, 0.05) is 18.7 Å². The summed E-state index contributed by atoms with van der Waals surface area (Å²) in [5.41, 5.74) is 0.281. The standard InChI is InChI=1S/C16H29NO/c1-13-6-5-7-15(17-13)14-8-11-18-16(12-14)9-3-2-4-10-16/h13-15,17H,2-12H2,1H3. The fourth-order valence-electron chi connectivity index (χ4n) is 4.50. The lowest BCUT2D eigenvalue weighted by Gasteiger charge is -2.47. The molecule has 18 heavy (non-hydrogen) atoms. The van der Waals surface area contributed by atoms with Gasteiger partial charge < -0.3 is 10.1 Å². The molecule has 0 aromatic heterocycles. The van der Waals surface area contributed by atoms with Crippen LogP contribution in [0.5, 0.6) is 0 Å². The molecule has 2 heterocycles. The van der Waals surface area contributed by atoms with Gasteiger partial charge in [-0.25, -0.2) is 0 Å². The highest BCUT2D eigenvalue weighted by Gasteiger charge is 2.41. The van der Waals surface area contributed by atoms with Crippen LogP contribution in [-0.2, 0) is 4.74 Å². The van der Waals surface area contributed by atoms with Gasteiger partial charge in [-0.1, -0.05) is 25.7 Å². The van der Waals surface area contributed by atoms with Crippen molar-refractivity contribution in [1.29, 1.82) is 0 Å². The molecule has 2 nitrogen and oxygen atoms in total. The maximum Gasteiger partial charge on any atom is 0.0685 e. The van der Waals surface area contributed by atoms with Crippen molar-refractivity contribution in [2.75, 3.05) is 6.61 Å². The predicted octanol–water partition coefficient (Wildman–Crippen LogP) is 3.65. The van der Waals surface area contributed by atoms with E-state index in [1.54, 1.807) is 0 Å². The van der Waals surface area contributed by atoms with Crippen LogP contribution < -0.4 is 5.32 Å². The second-order valence-electron chi connectivity index (χ2n) is 6.95. The Morgan fingerprint density at radius 2 is 1.83 bits per heavy atom. The first-order chi connectivity index (χ1) is 8.77. The Hall–Kier alpha value is -0.0800. The maximum absolute atomic E-state index is 6.23. The van der Waals surface area contributed by atoms with E-state index >= 15 is 0 Å². The summed E-state index contributed by atoms with van der Waals surface area (Å²) < 4.78 is 6.23. The van der Waals surface area contributed by atoms with Gasteiger partial charge in [0.2, 0.25) is 0 Å². The molecule has 0 aromatic rings. The van der Waals surface area contributed by atoms with Gasteiger partial charge in [0.15, 0.2) is 0 Å². The van der Waals surface area contributed by atoms with Crippen LogP contribution in [0.1, 0.15) is 71.1 Å². The van der Waals surface area contributed by atoms with Gasteiger partial charge in [-0.05, 0) is 51.4 Å². The fourth-order valence-corrected chi connectivity index (χ4v) is 4.50. The Bertz CT molecular complexity index is 267. The zero-order valence-electron chi connectivity index (χ0n) is 11.9. The van der Waals surface area contributed by atoms with E-state index in [-0.39, 0.29) is 5.60 Å². The molecule has 2 aliphatic heterocycles. The molecule has 3 atom stereocenters. The first-order valence-corrected chi connectivity index (χ1v) is 8.17. The average Bonchev–Trinajstić information content (AvgIpc) is 2.40. The Labute approximate surface area is 112 Å². The monoisotopic (exact) mass is 251 g/mol. The van der Waals surface area contributed by atoms with Gasteiger partial charge in [-0.15, -0.1) is 0 Å². The largest absolute Gasteiger partial charge is 0.375 e. The van der Waals surface area contributed by atoms with E-state index in [1.165, 1.54) is 64.2 Å². The summed E-state index contributed by atoms with van der Waals surface area (Å²) in [6.07, 6.45) is 13.6. The van der Waals surface area contributed by atoms with Crippen LogP contribution in [0, 0.1) is 5.92 Å². The zero-order chi connectivity index (χ0) is 12.4. The van der Waals surface area contributed by atoms with Crippen molar-refractivity contribution < 1.29 is 4.74 Å². The van der Waals surface area contributed by atoms with Crippen LogP contribution in [0.4, 0.5) is 0 Å². The van der Waals surface area contributed by atoms with Crippen LogP contribution in [0.2, 0.25) is 0 Å². The Morgan fingerprint density at radius 1 is 1.00 bits per heavy atom. The summed E-state index contributed by atoms with van der Waals surface area (Å²) >= 11 is 0. The molecule has 0 aromatic carbocycles. The second kappa shape index (κ2) is 5.50. The van der Waals surface area contributed by atoms with Crippen molar-refractivity contribution >= 4 is 0 Å². The summed E-state index contributed by atoms with van der Waals surface area (Å²) in [5.74, 6) is 0.875. The SMILES string of the molecule is CC1CCCC(C2CCOC3(CCCCC3)C2)N1. The van der Waals surface area contributed by atoms with Gasteiger partial charge in [0.1, 0.15) is 0 Å². The third-order valence-electron chi connectivity index (χ3n) is 5.52. The Balaban J connectivity index is 1.62. The van der Waals surface area contributed by atoms with Crippen LogP contribution in [0.15, 0.2) is 0 Å². The molecule has 3 unspecified atom stereocenters. The van der Waals surface area contributed by atoms with Crippen molar-refractivity contribution in [3.05, 3.63) is 0 Å². The van der Waals surface area contributed by atoms with Crippen molar-refractivity contribution in [2.45, 2.75) is 88.8 Å². The van der Waals surface area contributed by atoms with E-state index in [0.717, 1.165) is 24.6 Å². The molecule has 104 valence electrons. The number of ether oxygens (including phenoxy) is 1. The number of hydrogen-bond donors (Lipinski definition) is 1. The van der Waals surface area contributed by atoms with Gasteiger partial charge in [0.25, 0.3) is 0 Å². The Kier molecular flexibility index (Phi) is 3.95. The highest BCUT2D eigenvalue weighted by atomic mass is 16.5. The van der Waals surface area contributed by atoms with Crippen LogP contribution in [-0.4, -0.2) is 24.3 Å². The van der Waals surface area contributed by atoms with Crippen molar-refractivity contribution in [2.24, 2.45) is 5.92 Å². The smallest absolute Gasteiger partial charge is 0.0685 e. The number of nitrogens with one attached hydrogen (secondary N) is 1. The van der Waals surface area contributed by atoms with E-state index in [0.29, 0.717) is 0 Å². The van der Waals surface area contributed by atoms with Gasteiger partial charge in [0.05, 0.1) is 5.60 Å². The minimum absolute atomic E-state index is 0.281. The zero-order valence-corrected chi connectivity index (χ0v) is 11.9. The molecule has 1 saturated carbocycles. The predicted molar refractivity (Wildman–Crippen MR) is 74.7 cm³/mol. The molecule has 1 spiro atoms. The molecule has 2 heteroatoms. The molecular weight excluding hydrogens is 222 g/mol. The van der Waals surface area contributed by atoms with Gasteiger partial charge in [-0.3, -0.25) is 0 Å². The first-order valence-electron chi connectivity index (χ1n) is 8.17. The summed E-state index contributed by atoms with van der Waals surface area (Å²) in [6, 6.07) is 1.50. The molecule has 0 bridgehead atoms. The quantitative estimate of drug-likeness (QED) is 0.768. The van der Waals surface area contributed by atoms with E-state index in [2.05, 4.69) is 12.2 Å². The lowest BCUT2D eigenvalue weighted by molar-refractivity contribution is -0.123. The minimum Gasteiger partial charge on any atom is -0.375 e. The molecule has 3 fully saturated rings. The fraction of sp³-hybridized carbons (Fsp3) is 1.00. The van der Waals surface area contributed by atoms with Crippen molar-refractivity contribution in [3.63, 3.8) is 0 Å². The van der Waals surface area contributed by atoms with Gasteiger partial charge >= 0.3 is 0 Å². The maximum atomic E-state index is 6.23. The van der Waals surface area contributed by atoms with Gasteiger partial charge in [-0.2, -0.15) is 0 Å². The molecule has 0 radical (unpaired) electrons. The molecule has 1 N–H and O–H groups in total. The number of rotatable bonds is 1. The molecule has 1 aliphatic carbocycles. The normalized spacial score (nSPS) is 40.8. The van der Waals surface area contributed by atoms with E-state index < -0.39 is 0 Å². The number of piperidine rings is 1. The minimum atomic E-state index is 0.281. The summed E-state index contributed by atoms with van der Waals surface area (Å²) in [4.78, 5) is 0. The average molecular weight is 251 g/mol. The molecule has 3 aliphatic rings. The summed E-state index contributed by atoms with van der Waals surface area (Å²) in [7, 11) is 0. The van der Waals surface area contributed by atoms with Crippen molar-refractivity contribution in [1.82, 2.24) is 5.32 Å². The summed E-state index contributed by atoms with van der Waals surface area (Å²) in [5, 5.41) is 3.85. The Morgan fingerprint density at radius 3 is 2.61 bits per heavy atom. The first kappa shape index (κ1) is 12.9. The highest BCUT2D eigenvalue weighted by Crippen LogP contribution is 2.42. The lowest BCUT2D eigenvalue weighted by Crippen LogP contribution is -2.51. The summed E-state index contributed by atoms with van der Waals surface area (Å²) in [6.45, 7) is 3.36. The number of hydrogen-bond acceptors (Lipinski definition) is 2. The second-order valence-corrected chi connectivity index (χ2v) is 6.95. The van der Waals surface area contributed by atoms with E-state index in [1.807, 2.05) is 0 Å². The van der Waals surface area contributed by atoms with E-state index in [9.17, 15) is 0 Å². The van der Waals surface area contributed by atoms with Crippen LogP contribution >= 0.6 is 0 Å². The highest BCUT2D eigenvalue weighted by molar-refractivity contribution is 4.94. The molecular formula is C16H29NO. The molecule has 3 rings (SSSR count). The topological polar surface area (TPSA) is 21.3 Å². The third kappa shape index (κ3) is 2.75. The third-order valence-corrected chi connectivity index (χ3v) is 5.52. The molecule has 0 amide bonds. The molecule has 2 saturated heterocycles. The van der Waals surface area contributed by atoms with Crippen molar-refractivity contribution in [3.8, 4) is 0 Å². The van der Waals surface area contributed by atoms with Crippen LogP contribution in [0.25, 0.3) is 0 Å². The van der Waals surface area contributed by atoms with Crippen LogP contribution in [0.3, 0.4) is 0 Å².